The van der Waals surface area contributed by atoms with Gasteiger partial charge in [0.25, 0.3) is 0 Å². The van der Waals surface area contributed by atoms with Crippen molar-refractivity contribution >= 4 is 0 Å². The predicted molar refractivity (Wildman–Crippen MR) is 91.3 cm³/mol. The summed E-state index contributed by atoms with van der Waals surface area (Å²) in [5.41, 5.74) is 1.87. The molecule has 1 saturated carbocycles. The van der Waals surface area contributed by atoms with Crippen LogP contribution in [-0.4, -0.2) is 0 Å². The minimum absolute atomic E-state index is 0.0743. The van der Waals surface area contributed by atoms with E-state index in [2.05, 4.69) is 19.1 Å². The molecule has 130 valence electrons. The maximum Gasteiger partial charge on any atom is 0.194 e. The zero-order valence-electron chi connectivity index (χ0n) is 14.2. The lowest BCUT2D eigenvalue weighted by Gasteiger charge is -2.30. The van der Waals surface area contributed by atoms with Gasteiger partial charge in [-0.2, -0.15) is 0 Å². The van der Waals surface area contributed by atoms with Crippen LogP contribution in [0.5, 0.6) is 0 Å². The minimum atomic E-state index is -1.39. The third kappa shape index (κ3) is 3.76. The Bertz CT molecular complexity index is 613. The summed E-state index contributed by atoms with van der Waals surface area (Å²) in [4.78, 5) is 0. The van der Waals surface area contributed by atoms with Crippen molar-refractivity contribution in [1.82, 2.24) is 0 Å². The molecule has 0 radical (unpaired) electrons. The van der Waals surface area contributed by atoms with E-state index in [-0.39, 0.29) is 5.92 Å². The van der Waals surface area contributed by atoms with Crippen molar-refractivity contribution in [2.75, 3.05) is 0 Å². The van der Waals surface area contributed by atoms with E-state index < -0.39 is 17.5 Å². The maximum absolute atomic E-state index is 13.4. The molecule has 2 aliphatic carbocycles. The summed E-state index contributed by atoms with van der Waals surface area (Å²) in [5, 5.41) is 0. The molecule has 1 aromatic rings. The van der Waals surface area contributed by atoms with Crippen LogP contribution in [0, 0.1) is 29.3 Å². The number of allylic oxidation sites excluding steroid dienone is 4. The van der Waals surface area contributed by atoms with E-state index in [0.717, 1.165) is 24.5 Å². The molecule has 0 nitrogen and oxygen atoms in total. The highest BCUT2D eigenvalue weighted by atomic mass is 19.2. The molecule has 1 atom stereocenters. The minimum Gasteiger partial charge on any atom is -0.204 e. The van der Waals surface area contributed by atoms with Gasteiger partial charge in [0.05, 0.1) is 0 Å². The Kier molecular flexibility index (Phi) is 5.47. The predicted octanol–water partition coefficient (Wildman–Crippen LogP) is 6.68. The average Bonchev–Trinajstić information content (AvgIpc) is 2.60. The molecule has 0 spiro atoms. The fourth-order valence-electron chi connectivity index (χ4n) is 4.17. The standard InChI is InChI=1S/C21H25F3/c1-2-3-14-4-6-15(7-5-14)16-8-10-17(11-9-16)18-12-19(22)21(24)20(23)13-18/h8-10,12-15,17H,2-7,11H2,1H3/t14-,15-,17?. The first-order valence-electron chi connectivity index (χ1n) is 9.11. The molecule has 1 unspecified atom stereocenters. The van der Waals surface area contributed by atoms with Crippen LogP contribution in [0.15, 0.2) is 35.9 Å². The van der Waals surface area contributed by atoms with Gasteiger partial charge in [-0.25, -0.2) is 13.2 Å². The van der Waals surface area contributed by atoms with E-state index in [1.54, 1.807) is 0 Å². The van der Waals surface area contributed by atoms with Gasteiger partial charge in [-0.1, -0.05) is 38.0 Å². The Labute approximate surface area is 142 Å². The molecule has 2 aliphatic rings. The Morgan fingerprint density at radius 3 is 2.21 bits per heavy atom. The number of halogens is 3. The van der Waals surface area contributed by atoms with Crippen molar-refractivity contribution in [3.05, 3.63) is 58.9 Å². The van der Waals surface area contributed by atoms with Crippen LogP contribution in [-0.2, 0) is 0 Å². The van der Waals surface area contributed by atoms with Crippen LogP contribution in [0.4, 0.5) is 13.2 Å². The second-order valence-corrected chi connectivity index (χ2v) is 7.21. The van der Waals surface area contributed by atoms with Gasteiger partial charge in [-0.3, -0.25) is 0 Å². The third-order valence-electron chi connectivity index (χ3n) is 5.58. The normalized spacial score (nSPS) is 27.2. The van der Waals surface area contributed by atoms with Crippen LogP contribution < -0.4 is 0 Å². The fraction of sp³-hybridized carbons (Fsp3) is 0.524. The zero-order valence-corrected chi connectivity index (χ0v) is 14.2. The molecule has 0 amide bonds. The van der Waals surface area contributed by atoms with Crippen LogP contribution in [0.3, 0.4) is 0 Å². The quantitative estimate of drug-likeness (QED) is 0.539. The highest BCUT2D eigenvalue weighted by molar-refractivity contribution is 5.35. The van der Waals surface area contributed by atoms with E-state index in [4.69, 9.17) is 0 Å². The number of rotatable bonds is 4. The molecule has 0 heterocycles. The van der Waals surface area contributed by atoms with Crippen molar-refractivity contribution in [3.63, 3.8) is 0 Å². The van der Waals surface area contributed by atoms with E-state index in [0.29, 0.717) is 11.5 Å². The van der Waals surface area contributed by atoms with Crippen LogP contribution in [0.2, 0.25) is 0 Å². The Morgan fingerprint density at radius 2 is 1.67 bits per heavy atom. The Hall–Kier alpha value is -1.51. The Balaban J connectivity index is 1.62. The number of hydrogen-bond acceptors (Lipinski definition) is 0. The lowest BCUT2D eigenvalue weighted by Crippen LogP contribution is -2.16. The third-order valence-corrected chi connectivity index (χ3v) is 5.58. The molecule has 0 bridgehead atoms. The molecule has 3 heteroatoms. The number of benzene rings is 1. The molecule has 1 fully saturated rings. The average molecular weight is 334 g/mol. The van der Waals surface area contributed by atoms with Crippen molar-refractivity contribution in [1.29, 1.82) is 0 Å². The first-order valence-corrected chi connectivity index (χ1v) is 9.11. The van der Waals surface area contributed by atoms with Gasteiger partial charge in [0.2, 0.25) is 0 Å². The molecular formula is C21H25F3. The summed E-state index contributed by atoms with van der Waals surface area (Å²) >= 11 is 0. The van der Waals surface area contributed by atoms with E-state index in [1.807, 2.05) is 6.08 Å². The fourth-order valence-corrected chi connectivity index (χ4v) is 4.17. The summed E-state index contributed by atoms with van der Waals surface area (Å²) in [5.74, 6) is -2.17. The van der Waals surface area contributed by atoms with Gasteiger partial charge >= 0.3 is 0 Å². The van der Waals surface area contributed by atoms with Gasteiger partial charge < -0.3 is 0 Å². The molecule has 0 aliphatic heterocycles. The van der Waals surface area contributed by atoms with E-state index in [9.17, 15) is 13.2 Å². The Morgan fingerprint density at radius 1 is 1.00 bits per heavy atom. The summed E-state index contributed by atoms with van der Waals surface area (Å²) in [6, 6.07) is 2.23. The lowest BCUT2D eigenvalue weighted by molar-refractivity contribution is 0.288. The smallest absolute Gasteiger partial charge is 0.194 e. The molecule has 0 aromatic heterocycles. The molecule has 1 aromatic carbocycles. The highest BCUT2D eigenvalue weighted by Gasteiger charge is 2.24. The molecule has 0 N–H and O–H groups in total. The maximum atomic E-state index is 13.4. The topological polar surface area (TPSA) is 0 Å². The summed E-state index contributed by atoms with van der Waals surface area (Å²) in [6.07, 6.45) is 14.8. The van der Waals surface area contributed by atoms with Crippen LogP contribution >= 0.6 is 0 Å². The van der Waals surface area contributed by atoms with Crippen molar-refractivity contribution in [2.45, 2.75) is 57.8 Å². The second-order valence-electron chi connectivity index (χ2n) is 7.21. The van der Waals surface area contributed by atoms with Gasteiger partial charge in [-0.05, 0) is 67.2 Å². The lowest BCUT2D eigenvalue weighted by atomic mass is 9.75. The van der Waals surface area contributed by atoms with E-state index >= 15 is 0 Å². The van der Waals surface area contributed by atoms with Gasteiger partial charge in [0, 0.05) is 5.92 Å². The molecular weight excluding hydrogens is 309 g/mol. The summed E-state index contributed by atoms with van der Waals surface area (Å²) in [7, 11) is 0. The summed E-state index contributed by atoms with van der Waals surface area (Å²) < 4.78 is 39.9. The number of hydrogen-bond donors (Lipinski definition) is 0. The largest absolute Gasteiger partial charge is 0.204 e. The summed E-state index contributed by atoms with van der Waals surface area (Å²) in [6.45, 7) is 2.25. The molecule has 0 saturated heterocycles. The zero-order chi connectivity index (χ0) is 17.1. The molecule has 3 rings (SSSR count). The monoisotopic (exact) mass is 334 g/mol. The van der Waals surface area contributed by atoms with Crippen LogP contribution in [0.25, 0.3) is 0 Å². The van der Waals surface area contributed by atoms with E-state index in [1.165, 1.54) is 44.1 Å². The molecule has 24 heavy (non-hydrogen) atoms. The van der Waals surface area contributed by atoms with Crippen LogP contribution in [0.1, 0.15) is 63.4 Å². The van der Waals surface area contributed by atoms with Crippen molar-refractivity contribution in [3.8, 4) is 0 Å². The van der Waals surface area contributed by atoms with Gasteiger partial charge in [0.1, 0.15) is 0 Å². The highest BCUT2D eigenvalue weighted by Crippen LogP contribution is 2.38. The first kappa shape index (κ1) is 17.3. The second kappa shape index (κ2) is 7.58. The van der Waals surface area contributed by atoms with Crippen molar-refractivity contribution in [2.24, 2.45) is 11.8 Å². The van der Waals surface area contributed by atoms with Gasteiger partial charge in [0.15, 0.2) is 17.5 Å². The van der Waals surface area contributed by atoms with Gasteiger partial charge in [-0.15, -0.1) is 0 Å². The first-order chi connectivity index (χ1) is 11.6. The van der Waals surface area contributed by atoms with Crippen molar-refractivity contribution < 1.29 is 13.2 Å². The SMILES string of the molecule is CCC[C@H]1CC[C@H](C2=CCC(c3cc(F)c(F)c(F)c3)C=C2)CC1.